The predicted molar refractivity (Wildman–Crippen MR) is 92.8 cm³/mol. The van der Waals surface area contributed by atoms with Gasteiger partial charge in [0.1, 0.15) is 0 Å². The molecule has 2 unspecified atom stereocenters. The Morgan fingerprint density at radius 1 is 1.33 bits per heavy atom. The van der Waals surface area contributed by atoms with E-state index in [0.29, 0.717) is 0 Å². The molecule has 0 aliphatic heterocycles. The van der Waals surface area contributed by atoms with Gasteiger partial charge in [0.15, 0.2) is 0 Å². The van der Waals surface area contributed by atoms with Crippen molar-refractivity contribution in [3.05, 3.63) is 28.2 Å². The van der Waals surface area contributed by atoms with Crippen LogP contribution in [0.15, 0.2) is 22.7 Å². The van der Waals surface area contributed by atoms with Crippen LogP contribution in [0, 0.1) is 0 Å². The van der Waals surface area contributed by atoms with Crippen molar-refractivity contribution in [2.75, 3.05) is 18.5 Å². The lowest BCUT2D eigenvalue weighted by Crippen LogP contribution is -2.44. The molecule has 3 nitrogen and oxygen atoms in total. The zero-order chi connectivity index (χ0) is 15.2. The normalized spacial score (nSPS) is 22.3. The fraction of sp³-hybridized carbons (Fsp3) is 0.647. The quantitative estimate of drug-likeness (QED) is 0.764. The third-order valence-electron chi connectivity index (χ3n) is 4.36. The molecule has 118 valence electrons. The molecule has 0 radical (unpaired) electrons. The number of hydrogen-bond acceptors (Lipinski definition) is 3. The second-order valence-corrected chi connectivity index (χ2v) is 6.90. The van der Waals surface area contributed by atoms with Crippen molar-refractivity contribution < 1.29 is 5.11 Å². The van der Waals surface area contributed by atoms with Crippen LogP contribution in [-0.4, -0.2) is 30.8 Å². The van der Waals surface area contributed by atoms with Crippen molar-refractivity contribution in [2.45, 2.75) is 57.7 Å². The first-order chi connectivity index (χ1) is 10.1. The fourth-order valence-electron chi connectivity index (χ4n) is 3.14. The molecular weight excluding hydrogens is 328 g/mol. The molecule has 1 aliphatic rings. The standard InChI is InChI=1S/C17H27BrN2O/c1-3-10-19-12-13-8-9-14(18)11-16(13)20(2)15-6-4-5-7-17(15)21/h8-9,11,15,17,19,21H,3-7,10,12H2,1-2H3. The molecule has 1 aromatic rings. The first-order valence-corrected chi connectivity index (χ1v) is 8.82. The molecule has 2 N–H and O–H groups in total. The van der Waals surface area contributed by atoms with Crippen LogP contribution in [0.2, 0.25) is 0 Å². The molecule has 0 bridgehead atoms. The highest BCUT2D eigenvalue weighted by Crippen LogP contribution is 2.30. The first kappa shape index (κ1) is 16.8. The Balaban J connectivity index is 2.17. The van der Waals surface area contributed by atoms with E-state index in [1.165, 1.54) is 17.7 Å². The van der Waals surface area contributed by atoms with Gasteiger partial charge >= 0.3 is 0 Å². The highest BCUT2D eigenvalue weighted by atomic mass is 79.9. The maximum Gasteiger partial charge on any atom is 0.0743 e. The van der Waals surface area contributed by atoms with E-state index in [1.54, 1.807) is 0 Å². The Morgan fingerprint density at radius 2 is 2.10 bits per heavy atom. The van der Waals surface area contributed by atoms with Crippen LogP contribution in [0.1, 0.15) is 44.6 Å². The van der Waals surface area contributed by atoms with Crippen LogP contribution in [0.25, 0.3) is 0 Å². The number of benzene rings is 1. The summed E-state index contributed by atoms with van der Waals surface area (Å²) in [4.78, 5) is 2.28. The number of aliphatic hydroxyl groups is 1. The van der Waals surface area contributed by atoms with Crippen LogP contribution < -0.4 is 10.2 Å². The molecule has 2 atom stereocenters. The maximum absolute atomic E-state index is 10.3. The molecule has 21 heavy (non-hydrogen) atoms. The number of likely N-dealkylation sites (N-methyl/N-ethyl adjacent to an activating group) is 1. The van der Waals surface area contributed by atoms with E-state index in [-0.39, 0.29) is 12.1 Å². The molecule has 0 amide bonds. The van der Waals surface area contributed by atoms with Crippen molar-refractivity contribution in [1.82, 2.24) is 5.32 Å². The minimum atomic E-state index is -0.209. The summed E-state index contributed by atoms with van der Waals surface area (Å²) in [6, 6.07) is 6.67. The Bertz CT molecular complexity index is 452. The number of hydrogen-bond donors (Lipinski definition) is 2. The van der Waals surface area contributed by atoms with E-state index in [2.05, 4.69) is 58.3 Å². The lowest BCUT2D eigenvalue weighted by atomic mass is 9.91. The van der Waals surface area contributed by atoms with E-state index < -0.39 is 0 Å². The lowest BCUT2D eigenvalue weighted by Gasteiger charge is -2.37. The first-order valence-electron chi connectivity index (χ1n) is 8.03. The number of nitrogens with zero attached hydrogens (tertiary/aromatic N) is 1. The predicted octanol–water partition coefficient (Wildman–Crippen LogP) is 3.69. The summed E-state index contributed by atoms with van der Waals surface area (Å²) in [5.41, 5.74) is 2.52. The highest BCUT2D eigenvalue weighted by molar-refractivity contribution is 9.10. The highest BCUT2D eigenvalue weighted by Gasteiger charge is 2.27. The molecule has 0 heterocycles. The van der Waals surface area contributed by atoms with Gasteiger partial charge in [0.25, 0.3) is 0 Å². The monoisotopic (exact) mass is 354 g/mol. The second-order valence-electron chi connectivity index (χ2n) is 5.98. The third kappa shape index (κ3) is 4.44. The topological polar surface area (TPSA) is 35.5 Å². The summed E-state index contributed by atoms with van der Waals surface area (Å²) < 4.78 is 1.09. The molecule has 1 aromatic carbocycles. The Labute approximate surface area is 136 Å². The number of aliphatic hydroxyl groups excluding tert-OH is 1. The minimum absolute atomic E-state index is 0.209. The van der Waals surface area contributed by atoms with Gasteiger partial charge in [0.2, 0.25) is 0 Å². The zero-order valence-electron chi connectivity index (χ0n) is 13.1. The molecule has 1 aliphatic carbocycles. The van der Waals surface area contributed by atoms with Gasteiger partial charge in [-0.2, -0.15) is 0 Å². The van der Waals surface area contributed by atoms with Gasteiger partial charge in [-0.3, -0.25) is 0 Å². The number of anilines is 1. The largest absolute Gasteiger partial charge is 0.391 e. The van der Waals surface area contributed by atoms with Crippen LogP contribution in [0.4, 0.5) is 5.69 Å². The molecule has 0 aromatic heterocycles. The molecule has 0 saturated heterocycles. The molecule has 1 saturated carbocycles. The van der Waals surface area contributed by atoms with Gasteiger partial charge in [-0.05, 0) is 43.5 Å². The summed E-state index contributed by atoms with van der Waals surface area (Å²) in [7, 11) is 2.12. The van der Waals surface area contributed by atoms with Gasteiger partial charge in [0, 0.05) is 23.8 Å². The Kier molecular flexibility index (Phi) is 6.52. The summed E-state index contributed by atoms with van der Waals surface area (Å²) in [5, 5.41) is 13.8. The summed E-state index contributed by atoms with van der Waals surface area (Å²) in [5.74, 6) is 0. The Hall–Kier alpha value is -0.580. The van der Waals surface area contributed by atoms with Crippen LogP contribution in [0.3, 0.4) is 0 Å². The third-order valence-corrected chi connectivity index (χ3v) is 4.85. The molecule has 1 fully saturated rings. The van der Waals surface area contributed by atoms with Crippen molar-refractivity contribution in [2.24, 2.45) is 0 Å². The van der Waals surface area contributed by atoms with E-state index in [4.69, 9.17) is 0 Å². The average Bonchev–Trinajstić information content (AvgIpc) is 2.49. The van der Waals surface area contributed by atoms with E-state index in [0.717, 1.165) is 43.2 Å². The van der Waals surface area contributed by atoms with Gasteiger partial charge in [-0.25, -0.2) is 0 Å². The van der Waals surface area contributed by atoms with Crippen molar-refractivity contribution >= 4 is 21.6 Å². The molecule has 2 rings (SSSR count). The summed E-state index contributed by atoms with van der Waals surface area (Å²) in [6.45, 7) is 4.09. The summed E-state index contributed by atoms with van der Waals surface area (Å²) in [6.07, 6.45) is 5.29. The SMILES string of the molecule is CCCNCc1ccc(Br)cc1N(C)C1CCCCC1O. The Morgan fingerprint density at radius 3 is 2.81 bits per heavy atom. The smallest absolute Gasteiger partial charge is 0.0743 e. The maximum atomic E-state index is 10.3. The van der Waals surface area contributed by atoms with Crippen LogP contribution >= 0.6 is 15.9 Å². The van der Waals surface area contributed by atoms with Gasteiger partial charge in [-0.15, -0.1) is 0 Å². The van der Waals surface area contributed by atoms with Gasteiger partial charge in [-0.1, -0.05) is 41.8 Å². The van der Waals surface area contributed by atoms with Gasteiger partial charge < -0.3 is 15.3 Å². The molecule has 4 heteroatoms. The van der Waals surface area contributed by atoms with Crippen molar-refractivity contribution in [3.8, 4) is 0 Å². The van der Waals surface area contributed by atoms with Crippen molar-refractivity contribution in [1.29, 1.82) is 0 Å². The average molecular weight is 355 g/mol. The van der Waals surface area contributed by atoms with Crippen LogP contribution in [0.5, 0.6) is 0 Å². The molecule has 0 spiro atoms. The van der Waals surface area contributed by atoms with E-state index in [1.807, 2.05) is 0 Å². The lowest BCUT2D eigenvalue weighted by molar-refractivity contribution is 0.106. The number of rotatable bonds is 6. The van der Waals surface area contributed by atoms with Crippen LogP contribution in [-0.2, 0) is 6.54 Å². The van der Waals surface area contributed by atoms with Gasteiger partial charge in [0.05, 0.1) is 12.1 Å². The van der Waals surface area contributed by atoms with E-state index >= 15 is 0 Å². The van der Waals surface area contributed by atoms with Crippen molar-refractivity contribution in [3.63, 3.8) is 0 Å². The second kappa shape index (κ2) is 8.16. The zero-order valence-corrected chi connectivity index (χ0v) is 14.7. The molecular formula is C17H27BrN2O. The minimum Gasteiger partial charge on any atom is -0.391 e. The number of halogens is 1. The number of nitrogens with one attached hydrogen (secondary N) is 1. The summed E-state index contributed by atoms with van der Waals surface area (Å²) >= 11 is 3.58. The fourth-order valence-corrected chi connectivity index (χ4v) is 3.49. The van der Waals surface area contributed by atoms with E-state index in [9.17, 15) is 5.11 Å².